The summed E-state index contributed by atoms with van der Waals surface area (Å²) in [6.45, 7) is 6.77. The highest BCUT2D eigenvalue weighted by molar-refractivity contribution is 6.05. The Morgan fingerprint density at radius 1 is 0.250 bits per heavy atom. The summed E-state index contributed by atoms with van der Waals surface area (Å²) in [5.74, 6) is 0. The number of rotatable bonds is 3. The molecule has 0 nitrogen and oxygen atoms in total. The fourth-order valence-corrected chi connectivity index (χ4v) is 11.5. The van der Waals surface area contributed by atoms with Gasteiger partial charge in [0, 0.05) is 0 Å². The first-order valence-corrected chi connectivity index (χ1v) is 21.5. The summed E-state index contributed by atoms with van der Waals surface area (Å²) in [5, 5.41) is 8.16. The molecule has 0 spiro atoms. The van der Waals surface area contributed by atoms with Gasteiger partial charge in [0.1, 0.15) is 0 Å². The van der Waals surface area contributed by atoms with Crippen LogP contribution >= 0.6 is 0 Å². The molecule has 3 aliphatic rings. The van der Waals surface area contributed by atoms with Crippen molar-refractivity contribution in [3.63, 3.8) is 0 Å². The normalized spacial score (nSPS) is 13.1. The lowest BCUT2D eigenvalue weighted by Gasteiger charge is -2.15. The minimum absolute atomic E-state index is 0.968. The van der Waals surface area contributed by atoms with E-state index in [1.807, 2.05) is 0 Å². The van der Waals surface area contributed by atoms with Crippen molar-refractivity contribution >= 4 is 32.3 Å². The molecule has 0 fully saturated rings. The summed E-state index contributed by atoms with van der Waals surface area (Å²) in [4.78, 5) is 0. The van der Waals surface area contributed by atoms with E-state index in [-0.39, 0.29) is 0 Å². The van der Waals surface area contributed by atoms with Gasteiger partial charge < -0.3 is 0 Å². The summed E-state index contributed by atoms with van der Waals surface area (Å²) in [6.07, 6.45) is 2.90. The van der Waals surface area contributed by atoms with E-state index in [1.165, 1.54) is 149 Å². The molecule has 0 saturated heterocycles. The van der Waals surface area contributed by atoms with Gasteiger partial charge in [-0.15, -0.1) is 0 Å². The van der Waals surface area contributed by atoms with Gasteiger partial charge in [-0.05, 0) is 207 Å². The lowest BCUT2D eigenvalue weighted by Crippen LogP contribution is -1.90. The van der Waals surface area contributed by atoms with E-state index in [0.29, 0.717) is 0 Å². The summed E-state index contributed by atoms with van der Waals surface area (Å²) in [5.41, 5.74) is 28.6. The SMILES string of the molecule is Cc1cc2c(c3ccccc13)-c1ccc(-c3cc(-c4ccc5c(c4)Cc4cc(C)c6ccccc6c4-5)cc(-c4ccc5c(c4)Cc4cc(C)c6ccccc6c4-5)c3)cc1C2. The molecule has 0 heteroatoms. The lowest BCUT2D eigenvalue weighted by atomic mass is 9.89. The Bertz CT molecular complexity index is 3150. The van der Waals surface area contributed by atoms with E-state index in [4.69, 9.17) is 0 Å². The third-order valence-corrected chi connectivity index (χ3v) is 14.2. The Morgan fingerprint density at radius 2 is 0.533 bits per heavy atom. The van der Waals surface area contributed by atoms with Crippen molar-refractivity contribution < 1.29 is 0 Å². The minimum Gasteiger partial charge on any atom is -0.0616 e. The van der Waals surface area contributed by atoms with Crippen LogP contribution in [0, 0.1) is 20.8 Å². The molecule has 0 atom stereocenters. The highest BCUT2D eigenvalue weighted by Crippen LogP contribution is 2.48. The standard InChI is InChI=1S/C60H42/c1-34-22-46-31-43-25-37(16-19-52(43)58(46)55-13-7-4-10-49(34)55)40-28-41(38-17-20-53-44(26-38)32-47-23-35(2)50-11-5-8-14-56(50)59(47)53)30-42(29-40)39-18-21-54-45(27-39)33-48-24-36(3)51-12-6-9-15-57(51)60(48)54/h4-30H,31-33H2,1-3H3. The van der Waals surface area contributed by atoms with Gasteiger partial charge in [0.15, 0.2) is 0 Å². The zero-order valence-electron chi connectivity index (χ0n) is 34.2. The molecule has 282 valence electrons. The molecule has 0 saturated carbocycles. The van der Waals surface area contributed by atoms with E-state index < -0.39 is 0 Å². The second-order valence-corrected chi connectivity index (χ2v) is 17.8. The smallest absolute Gasteiger partial charge is 0.00129 e. The average Bonchev–Trinajstić information content (AvgIpc) is 3.96. The fraction of sp³-hybridized carbons (Fsp3) is 0.100. The van der Waals surface area contributed by atoms with E-state index in [2.05, 4.69) is 185 Å². The van der Waals surface area contributed by atoms with Crippen LogP contribution in [0.25, 0.3) is 99.1 Å². The maximum absolute atomic E-state index is 2.47. The number of aryl methyl sites for hydroxylation is 3. The molecule has 0 radical (unpaired) electrons. The van der Waals surface area contributed by atoms with Crippen LogP contribution in [0.2, 0.25) is 0 Å². The van der Waals surface area contributed by atoms with E-state index >= 15 is 0 Å². The Kier molecular flexibility index (Phi) is 7.06. The van der Waals surface area contributed by atoms with E-state index in [1.54, 1.807) is 0 Å². The van der Waals surface area contributed by atoms with Crippen LogP contribution in [0.15, 0.2) is 164 Å². The quantitative estimate of drug-likeness (QED) is 0.168. The van der Waals surface area contributed by atoms with Crippen molar-refractivity contribution in [1.82, 2.24) is 0 Å². The predicted octanol–water partition coefficient (Wildman–Crippen LogP) is 15.8. The van der Waals surface area contributed by atoms with Crippen LogP contribution in [-0.2, 0) is 19.3 Å². The zero-order chi connectivity index (χ0) is 39.8. The number of hydrogen-bond acceptors (Lipinski definition) is 0. The van der Waals surface area contributed by atoms with Crippen molar-refractivity contribution in [2.45, 2.75) is 40.0 Å². The highest BCUT2D eigenvalue weighted by atomic mass is 14.3. The van der Waals surface area contributed by atoms with Crippen LogP contribution in [0.5, 0.6) is 0 Å². The third kappa shape index (κ3) is 4.91. The van der Waals surface area contributed by atoms with Gasteiger partial charge in [-0.1, -0.05) is 146 Å². The van der Waals surface area contributed by atoms with Crippen LogP contribution in [0.3, 0.4) is 0 Å². The highest BCUT2D eigenvalue weighted by Gasteiger charge is 2.26. The predicted molar refractivity (Wildman–Crippen MR) is 254 cm³/mol. The molecule has 0 bridgehead atoms. The monoisotopic (exact) mass is 762 g/mol. The van der Waals surface area contributed by atoms with E-state index in [9.17, 15) is 0 Å². The molecule has 0 amide bonds. The van der Waals surface area contributed by atoms with Crippen molar-refractivity contribution in [1.29, 1.82) is 0 Å². The van der Waals surface area contributed by atoms with Gasteiger partial charge in [0.2, 0.25) is 0 Å². The molecular formula is C60H42. The molecule has 0 aromatic heterocycles. The van der Waals surface area contributed by atoms with Gasteiger partial charge >= 0.3 is 0 Å². The molecule has 3 aliphatic carbocycles. The zero-order valence-corrected chi connectivity index (χ0v) is 34.2. The topological polar surface area (TPSA) is 0 Å². The summed E-state index contributed by atoms with van der Waals surface area (Å²) < 4.78 is 0. The largest absolute Gasteiger partial charge is 0.0616 e. The Labute approximate surface area is 351 Å². The van der Waals surface area contributed by atoms with Crippen LogP contribution in [0.4, 0.5) is 0 Å². The number of benzene rings is 10. The van der Waals surface area contributed by atoms with Crippen LogP contribution in [-0.4, -0.2) is 0 Å². The maximum atomic E-state index is 2.47. The van der Waals surface area contributed by atoms with E-state index in [0.717, 1.165) is 19.3 Å². The van der Waals surface area contributed by atoms with Crippen molar-refractivity contribution in [2.75, 3.05) is 0 Å². The van der Waals surface area contributed by atoms with Gasteiger partial charge in [-0.3, -0.25) is 0 Å². The lowest BCUT2D eigenvalue weighted by molar-refractivity contribution is 1.25. The Hall–Kier alpha value is -7.02. The third-order valence-electron chi connectivity index (χ3n) is 14.2. The van der Waals surface area contributed by atoms with Gasteiger partial charge in [0.05, 0.1) is 0 Å². The van der Waals surface area contributed by atoms with Crippen molar-refractivity contribution in [3.05, 3.63) is 214 Å². The Morgan fingerprint density at radius 3 is 0.833 bits per heavy atom. The van der Waals surface area contributed by atoms with Gasteiger partial charge in [-0.2, -0.15) is 0 Å². The fourth-order valence-electron chi connectivity index (χ4n) is 11.5. The molecule has 0 N–H and O–H groups in total. The van der Waals surface area contributed by atoms with Gasteiger partial charge in [0.25, 0.3) is 0 Å². The summed E-state index contributed by atoms with van der Waals surface area (Å²) >= 11 is 0. The molecule has 13 rings (SSSR count). The summed E-state index contributed by atoms with van der Waals surface area (Å²) in [7, 11) is 0. The second kappa shape index (κ2) is 12.5. The minimum atomic E-state index is 0.968. The van der Waals surface area contributed by atoms with Crippen LogP contribution < -0.4 is 0 Å². The van der Waals surface area contributed by atoms with Crippen molar-refractivity contribution in [2.24, 2.45) is 0 Å². The molecular weight excluding hydrogens is 721 g/mol. The molecule has 10 aromatic rings. The number of hydrogen-bond donors (Lipinski definition) is 0. The maximum Gasteiger partial charge on any atom is -0.00129 e. The van der Waals surface area contributed by atoms with Crippen LogP contribution in [0.1, 0.15) is 50.1 Å². The Balaban J connectivity index is 0.958. The average molecular weight is 763 g/mol. The first kappa shape index (κ1) is 33.9. The van der Waals surface area contributed by atoms with Crippen molar-refractivity contribution in [3.8, 4) is 66.8 Å². The number of fused-ring (bicyclic) bond motifs is 15. The van der Waals surface area contributed by atoms with Gasteiger partial charge in [-0.25, -0.2) is 0 Å². The molecule has 0 aliphatic heterocycles. The first-order valence-electron chi connectivity index (χ1n) is 21.5. The summed E-state index contributed by atoms with van der Waals surface area (Å²) in [6, 6.07) is 63.0. The molecule has 0 unspecified atom stereocenters. The molecule has 0 heterocycles. The molecule has 60 heavy (non-hydrogen) atoms. The molecule has 10 aromatic carbocycles. The first-order chi connectivity index (χ1) is 29.4. The second-order valence-electron chi connectivity index (χ2n) is 17.8.